The highest BCUT2D eigenvalue weighted by Crippen LogP contribution is 2.36. The highest BCUT2D eigenvalue weighted by atomic mass is 32.2. The predicted octanol–water partition coefficient (Wildman–Crippen LogP) is 5.27. The molecule has 0 fully saturated rings. The first-order valence-corrected chi connectivity index (χ1v) is 8.59. The maximum Gasteiger partial charge on any atom is 0.446 e. The summed E-state index contributed by atoms with van der Waals surface area (Å²) < 4.78 is 47.8. The fourth-order valence-electron chi connectivity index (χ4n) is 2.17. The van der Waals surface area contributed by atoms with Crippen LogP contribution in [-0.4, -0.2) is 21.7 Å². The molecule has 0 unspecified atom stereocenters. The van der Waals surface area contributed by atoms with E-state index in [1.165, 1.54) is 24.3 Å². The van der Waals surface area contributed by atoms with Crippen LogP contribution in [0, 0.1) is 0 Å². The molecule has 27 heavy (non-hydrogen) atoms. The molecular formula is C18H13F3N2O3S. The molecule has 3 rings (SSSR count). The van der Waals surface area contributed by atoms with Gasteiger partial charge >= 0.3 is 11.5 Å². The molecule has 0 saturated carbocycles. The molecule has 0 aliphatic rings. The lowest BCUT2D eigenvalue weighted by Gasteiger charge is -2.10. The van der Waals surface area contributed by atoms with E-state index in [0.29, 0.717) is 5.89 Å². The summed E-state index contributed by atoms with van der Waals surface area (Å²) in [6, 6.07) is 14.1. The average molecular weight is 394 g/mol. The summed E-state index contributed by atoms with van der Waals surface area (Å²) in [5.74, 6) is -0.293. The van der Waals surface area contributed by atoms with Crippen LogP contribution in [0.4, 0.5) is 13.2 Å². The second-order valence-electron chi connectivity index (χ2n) is 5.43. The Balaban J connectivity index is 1.65. The minimum Gasteiger partial charge on any atom is -0.449 e. The molecular weight excluding hydrogens is 381 g/mol. The highest BCUT2D eigenvalue weighted by Gasteiger charge is 2.29. The first kappa shape index (κ1) is 19.0. The summed E-state index contributed by atoms with van der Waals surface area (Å²) in [4.78, 5) is 12.1. The Labute approximate surface area is 156 Å². The minimum absolute atomic E-state index is 0.0171. The highest BCUT2D eigenvalue weighted by molar-refractivity contribution is 8.00. The lowest BCUT2D eigenvalue weighted by Crippen LogP contribution is -2.09. The van der Waals surface area contributed by atoms with Crippen LogP contribution in [0.15, 0.2) is 63.9 Å². The number of hydrogen-bond donors (Lipinski definition) is 0. The lowest BCUT2D eigenvalue weighted by molar-refractivity contribution is -0.0328. The summed E-state index contributed by atoms with van der Waals surface area (Å²) >= 11 is -0.253. The summed E-state index contributed by atoms with van der Waals surface area (Å²) in [7, 11) is 0. The molecule has 0 N–H and O–H groups in total. The molecule has 2 aromatic carbocycles. The van der Waals surface area contributed by atoms with E-state index in [2.05, 4.69) is 10.2 Å². The summed E-state index contributed by atoms with van der Waals surface area (Å²) in [6.07, 6.45) is -0.813. The van der Waals surface area contributed by atoms with Gasteiger partial charge in [0.15, 0.2) is 6.10 Å². The van der Waals surface area contributed by atoms with Crippen LogP contribution in [0.25, 0.3) is 11.5 Å². The van der Waals surface area contributed by atoms with Gasteiger partial charge in [0.1, 0.15) is 0 Å². The SMILES string of the molecule is C[C@H](OC(=O)c1ccc(SC(F)(F)F)cc1)c1nnc(-c2ccccc2)o1. The number of carbonyl (C=O) groups excluding carboxylic acids is 1. The smallest absolute Gasteiger partial charge is 0.446 e. The topological polar surface area (TPSA) is 65.2 Å². The summed E-state index contributed by atoms with van der Waals surface area (Å²) in [6.45, 7) is 1.56. The molecule has 9 heteroatoms. The van der Waals surface area contributed by atoms with Gasteiger partial charge in [-0.15, -0.1) is 10.2 Å². The van der Waals surface area contributed by atoms with Crippen LogP contribution >= 0.6 is 11.8 Å². The van der Waals surface area contributed by atoms with Gasteiger partial charge in [-0.05, 0) is 55.1 Å². The Morgan fingerprint density at radius 3 is 2.37 bits per heavy atom. The number of hydrogen-bond acceptors (Lipinski definition) is 6. The number of alkyl halides is 3. The van der Waals surface area contributed by atoms with Crippen molar-refractivity contribution in [3.8, 4) is 11.5 Å². The van der Waals surface area contributed by atoms with Crippen molar-refractivity contribution >= 4 is 17.7 Å². The number of aromatic nitrogens is 2. The van der Waals surface area contributed by atoms with Crippen LogP contribution < -0.4 is 0 Å². The zero-order valence-electron chi connectivity index (χ0n) is 13.9. The fourth-order valence-corrected chi connectivity index (χ4v) is 2.71. The van der Waals surface area contributed by atoms with Gasteiger partial charge in [-0.2, -0.15) is 13.2 Å². The van der Waals surface area contributed by atoms with Crippen LogP contribution in [-0.2, 0) is 4.74 Å². The Morgan fingerprint density at radius 1 is 1.07 bits per heavy atom. The number of nitrogens with zero attached hydrogens (tertiary/aromatic N) is 2. The van der Waals surface area contributed by atoms with Crippen molar-refractivity contribution in [3.05, 3.63) is 66.1 Å². The van der Waals surface area contributed by atoms with Gasteiger partial charge in [-0.3, -0.25) is 0 Å². The molecule has 0 spiro atoms. The van der Waals surface area contributed by atoms with Crippen molar-refractivity contribution in [1.29, 1.82) is 0 Å². The molecule has 0 radical (unpaired) electrons. The number of rotatable bonds is 5. The van der Waals surface area contributed by atoms with E-state index in [9.17, 15) is 18.0 Å². The van der Waals surface area contributed by atoms with E-state index in [1.807, 2.05) is 18.2 Å². The van der Waals surface area contributed by atoms with Crippen LogP contribution in [0.5, 0.6) is 0 Å². The minimum atomic E-state index is -4.38. The third-order valence-corrected chi connectivity index (χ3v) is 4.16. The lowest BCUT2D eigenvalue weighted by atomic mass is 10.2. The maximum absolute atomic E-state index is 12.3. The van der Waals surface area contributed by atoms with Gasteiger partial charge in [0.25, 0.3) is 5.89 Å². The van der Waals surface area contributed by atoms with Crippen LogP contribution in [0.1, 0.15) is 29.3 Å². The molecule has 0 saturated heterocycles. The third kappa shape index (κ3) is 5.10. The molecule has 0 aliphatic carbocycles. The molecule has 3 aromatic rings. The van der Waals surface area contributed by atoms with Crippen molar-refractivity contribution in [2.45, 2.75) is 23.4 Å². The second-order valence-corrected chi connectivity index (χ2v) is 6.57. The van der Waals surface area contributed by atoms with E-state index in [1.54, 1.807) is 19.1 Å². The standard InChI is InChI=1S/C18H13F3N2O3S/c1-11(15-22-23-16(26-15)12-5-3-2-4-6-12)25-17(24)13-7-9-14(10-8-13)27-18(19,20)21/h2-11H,1H3/t11-/m0/s1. The fraction of sp³-hybridized carbons (Fsp3) is 0.167. The average Bonchev–Trinajstić information content (AvgIpc) is 3.12. The largest absolute Gasteiger partial charge is 0.449 e. The van der Waals surface area contributed by atoms with Crippen molar-refractivity contribution in [1.82, 2.24) is 10.2 Å². The summed E-state index contributed by atoms with van der Waals surface area (Å²) in [5.41, 5.74) is -3.53. The monoisotopic (exact) mass is 394 g/mol. The molecule has 5 nitrogen and oxygen atoms in total. The van der Waals surface area contributed by atoms with E-state index < -0.39 is 17.6 Å². The zero-order chi connectivity index (χ0) is 19.4. The van der Waals surface area contributed by atoms with Gasteiger partial charge in [-0.1, -0.05) is 18.2 Å². The van der Waals surface area contributed by atoms with Crippen LogP contribution in [0.3, 0.4) is 0 Å². The number of thioether (sulfide) groups is 1. The molecule has 0 aliphatic heterocycles. The normalized spacial score (nSPS) is 12.6. The maximum atomic E-state index is 12.3. The number of esters is 1. The molecule has 0 amide bonds. The van der Waals surface area contributed by atoms with Crippen molar-refractivity contribution in [3.63, 3.8) is 0 Å². The van der Waals surface area contributed by atoms with E-state index in [0.717, 1.165) is 5.56 Å². The zero-order valence-corrected chi connectivity index (χ0v) is 14.8. The van der Waals surface area contributed by atoms with Gasteiger partial charge in [-0.25, -0.2) is 4.79 Å². The molecule has 0 bridgehead atoms. The number of ether oxygens (including phenoxy) is 1. The second kappa shape index (κ2) is 7.83. The molecule has 1 aromatic heterocycles. The Bertz CT molecular complexity index is 912. The molecule has 1 heterocycles. The van der Waals surface area contributed by atoms with Gasteiger partial charge in [0.2, 0.25) is 5.89 Å². The third-order valence-electron chi connectivity index (χ3n) is 3.42. The predicted molar refractivity (Wildman–Crippen MR) is 91.9 cm³/mol. The number of benzene rings is 2. The quantitative estimate of drug-likeness (QED) is 0.434. The number of carbonyl (C=O) groups is 1. The Hall–Kier alpha value is -2.81. The first-order chi connectivity index (χ1) is 12.8. The van der Waals surface area contributed by atoms with Crippen molar-refractivity contribution in [2.24, 2.45) is 0 Å². The van der Waals surface area contributed by atoms with Crippen molar-refractivity contribution in [2.75, 3.05) is 0 Å². The van der Waals surface area contributed by atoms with Crippen molar-refractivity contribution < 1.29 is 27.1 Å². The molecule has 140 valence electrons. The molecule has 1 atom stereocenters. The summed E-state index contributed by atoms with van der Waals surface area (Å²) in [5, 5.41) is 7.79. The first-order valence-electron chi connectivity index (χ1n) is 7.77. The van der Waals surface area contributed by atoms with E-state index in [4.69, 9.17) is 9.15 Å². The Kier molecular flexibility index (Phi) is 5.50. The van der Waals surface area contributed by atoms with E-state index >= 15 is 0 Å². The van der Waals surface area contributed by atoms with Gasteiger partial charge in [0.05, 0.1) is 5.56 Å². The van der Waals surface area contributed by atoms with Crippen LogP contribution in [0.2, 0.25) is 0 Å². The Morgan fingerprint density at radius 2 is 1.74 bits per heavy atom. The van der Waals surface area contributed by atoms with E-state index in [-0.39, 0.29) is 28.1 Å². The van der Waals surface area contributed by atoms with Gasteiger partial charge < -0.3 is 9.15 Å². The van der Waals surface area contributed by atoms with Gasteiger partial charge in [0, 0.05) is 10.5 Å². The number of halogens is 3.